The first-order chi connectivity index (χ1) is 6.66. The Labute approximate surface area is 93.1 Å². The van der Waals surface area contributed by atoms with Gasteiger partial charge in [-0.2, -0.15) is 0 Å². The molecule has 1 atom stereocenters. The Morgan fingerprint density at radius 3 is 2.86 bits per heavy atom. The average molecular weight is 214 g/mol. The van der Waals surface area contributed by atoms with Crippen LogP contribution in [-0.2, 0) is 0 Å². The molecule has 1 saturated heterocycles. The third-order valence-corrected chi connectivity index (χ3v) is 3.23. The zero-order chi connectivity index (χ0) is 10.6. The number of rotatable bonds is 3. The Morgan fingerprint density at radius 2 is 2.29 bits per heavy atom. The standard InChI is InChI=1S/C11H22N2S/c1-4-7-12-11(14)13-8-5-6-10(13)9(2)3/h9-10H,4-8H2,1-3H3,(H,12,14). The van der Waals surface area contributed by atoms with Crippen molar-refractivity contribution in [1.29, 1.82) is 0 Å². The van der Waals surface area contributed by atoms with Gasteiger partial charge >= 0.3 is 0 Å². The van der Waals surface area contributed by atoms with Crippen LogP contribution in [-0.4, -0.2) is 29.1 Å². The summed E-state index contributed by atoms with van der Waals surface area (Å²) in [4.78, 5) is 2.37. The third kappa shape index (κ3) is 2.84. The highest BCUT2D eigenvalue weighted by Gasteiger charge is 2.28. The normalized spacial score (nSPS) is 21.7. The molecule has 0 amide bonds. The van der Waals surface area contributed by atoms with Crippen LogP contribution in [0.1, 0.15) is 40.0 Å². The molecule has 0 aliphatic carbocycles. The summed E-state index contributed by atoms with van der Waals surface area (Å²) >= 11 is 5.39. The van der Waals surface area contributed by atoms with E-state index >= 15 is 0 Å². The highest BCUT2D eigenvalue weighted by Crippen LogP contribution is 2.23. The number of thiocarbonyl (C=S) groups is 1. The lowest BCUT2D eigenvalue weighted by Gasteiger charge is -2.30. The van der Waals surface area contributed by atoms with Crippen molar-refractivity contribution in [1.82, 2.24) is 10.2 Å². The van der Waals surface area contributed by atoms with Crippen LogP contribution in [0.5, 0.6) is 0 Å². The Hall–Kier alpha value is -0.310. The SMILES string of the molecule is CCCNC(=S)N1CCCC1C(C)C. The number of likely N-dealkylation sites (tertiary alicyclic amines) is 1. The summed E-state index contributed by atoms with van der Waals surface area (Å²) in [6.07, 6.45) is 3.72. The van der Waals surface area contributed by atoms with E-state index in [-0.39, 0.29) is 0 Å². The smallest absolute Gasteiger partial charge is 0.169 e. The highest BCUT2D eigenvalue weighted by molar-refractivity contribution is 7.80. The molecule has 14 heavy (non-hydrogen) atoms. The molecule has 0 bridgehead atoms. The molecule has 1 unspecified atom stereocenters. The molecule has 3 heteroatoms. The molecule has 0 aromatic rings. The second-order valence-corrected chi connectivity index (χ2v) is 4.77. The van der Waals surface area contributed by atoms with Crippen LogP contribution in [0.15, 0.2) is 0 Å². The molecule has 1 fully saturated rings. The molecular weight excluding hydrogens is 192 g/mol. The van der Waals surface area contributed by atoms with Gasteiger partial charge in [0.1, 0.15) is 0 Å². The quantitative estimate of drug-likeness (QED) is 0.726. The molecule has 0 spiro atoms. The van der Waals surface area contributed by atoms with Gasteiger partial charge in [-0.05, 0) is 37.4 Å². The van der Waals surface area contributed by atoms with E-state index < -0.39 is 0 Å². The predicted molar refractivity (Wildman–Crippen MR) is 65.5 cm³/mol. The summed E-state index contributed by atoms with van der Waals surface area (Å²) in [5, 5.41) is 4.28. The van der Waals surface area contributed by atoms with Crippen LogP contribution in [0.2, 0.25) is 0 Å². The van der Waals surface area contributed by atoms with E-state index in [1.165, 1.54) is 12.8 Å². The fourth-order valence-electron chi connectivity index (χ4n) is 2.07. The van der Waals surface area contributed by atoms with Gasteiger partial charge < -0.3 is 10.2 Å². The molecule has 1 aliphatic rings. The third-order valence-electron chi connectivity index (χ3n) is 2.86. The largest absolute Gasteiger partial charge is 0.363 e. The maximum atomic E-state index is 5.39. The van der Waals surface area contributed by atoms with E-state index in [1.807, 2.05) is 0 Å². The maximum Gasteiger partial charge on any atom is 0.169 e. The van der Waals surface area contributed by atoms with Gasteiger partial charge in [0.2, 0.25) is 0 Å². The van der Waals surface area contributed by atoms with E-state index in [2.05, 4.69) is 31.0 Å². The van der Waals surface area contributed by atoms with Crippen molar-refractivity contribution in [2.75, 3.05) is 13.1 Å². The number of hydrogen-bond acceptors (Lipinski definition) is 1. The molecular formula is C11H22N2S. The number of hydrogen-bond donors (Lipinski definition) is 1. The minimum Gasteiger partial charge on any atom is -0.363 e. The van der Waals surface area contributed by atoms with Crippen LogP contribution < -0.4 is 5.32 Å². The number of nitrogens with one attached hydrogen (secondary N) is 1. The zero-order valence-electron chi connectivity index (χ0n) is 9.55. The molecule has 0 aromatic heterocycles. The molecule has 1 aliphatic heterocycles. The van der Waals surface area contributed by atoms with Gasteiger partial charge in [-0.15, -0.1) is 0 Å². The molecule has 2 nitrogen and oxygen atoms in total. The lowest BCUT2D eigenvalue weighted by molar-refractivity contribution is 0.306. The predicted octanol–water partition coefficient (Wildman–Crippen LogP) is 2.39. The Kier molecular flexibility index (Phi) is 4.66. The van der Waals surface area contributed by atoms with E-state index in [0.29, 0.717) is 12.0 Å². The fourth-order valence-corrected chi connectivity index (χ4v) is 2.40. The van der Waals surface area contributed by atoms with Gasteiger partial charge in [0.25, 0.3) is 0 Å². The summed E-state index contributed by atoms with van der Waals surface area (Å²) in [7, 11) is 0. The first-order valence-corrected chi connectivity index (χ1v) is 6.12. The monoisotopic (exact) mass is 214 g/mol. The highest BCUT2D eigenvalue weighted by atomic mass is 32.1. The fraction of sp³-hybridized carbons (Fsp3) is 0.909. The van der Waals surface area contributed by atoms with Crippen molar-refractivity contribution in [3.63, 3.8) is 0 Å². The average Bonchev–Trinajstić information content (AvgIpc) is 2.62. The first kappa shape index (κ1) is 11.8. The summed E-state index contributed by atoms with van der Waals surface area (Å²) in [5.74, 6) is 0.707. The summed E-state index contributed by atoms with van der Waals surface area (Å²) in [6.45, 7) is 8.87. The van der Waals surface area contributed by atoms with Crippen molar-refractivity contribution >= 4 is 17.3 Å². The summed E-state index contributed by atoms with van der Waals surface area (Å²) in [5.41, 5.74) is 0. The van der Waals surface area contributed by atoms with E-state index in [1.54, 1.807) is 0 Å². The summed E-state index contributed by atoms with van der Waals surface area (Å²) in [6, 6.07) is 0.659. The lowest BCUT2D eigenvalue weighted by Crippen LogP contribution is -2.44. The van der Waals surface area contributed by atoms with Crippen molar-refractivity contribution in [3.05, 3.63) is 0 Å². The molecule has 82 valence electrons. The minimum absolute atomic E-state index is 0.659. The summed E-state index contributed by atoms with van der Waals surface area (Å²) < 4.78 is 0. The maximum absolute atomic E-state index is 5.39. The molecule has 0 radical (unpaired) electrons. The topological polar surface area (TPSA) is 15.3 Å². The van der Waals surface area contributed by atoms with Gasteiger partial charge in [0, 0.05) is 19.1 Å². The van der Waals surface area contributed by atoms with E-state index in [0.717, 1.165) is 24.6 Å². The van der Waals surface area contributed by atoms with E-state index in [4.69, 9.17) is 12.2 Å². The lowest BCUT2D eigenvalue weighted by atomic mass is 10.0. The second kappa shape index (κ2) is 5.54. The van der Waals surface area contributed by atoms with Gasteiger partial charge in [-0.3, -0.25) is 0 Å². The molecule has 0 saturated carbocycles. The first-order valence-electron chi connectivity index (χ1n) is 5.71. The van der Waals surface area contributed by atoms with Crippen molar-refractivity contribution < 1.29 is 0 Å². The van der Waals surface area contributed by atoms with Gasteiger partial charge in [-0.1, -0.05) is 20.8 Å². The number of nitrogens with zero attached hydrogens (tertiary/aromatic N) is 1. The van der Waals surface area contributed by atoms with Crippen LogP contribution in [0.25, 0.3) is 0 Å². The van der Waals surface area contributed by atoms with Crippen molar-refractivity contribution in [2.24, 2.45) is 5.92 Å². The van der Waals surface area contributed by atoms with Crippen LogP contribution in [0.3, 0.4) is 0 Å². The van der Waals surface area contributed by atoms with Gasteiger partial charge in [0.15, 0.2) is 5.11 Å². The molecule has 1 heterocycles. The second-order valence-electron chi connectivity index (χ2n) is 4.38. The van der Waals surface area contributed by atoms with Crippen molar-refractivity contribution in [3.8, 4) is 0 Å². The van der Waals surface area contributed by atoms with Crippen LogP contribution >= 0.6 is 12.2 Å². The van der Waals surface area contributed by atoms with Gasteiger partial charge in [0.05, 0.1) is 0 Å². The van der Waals surface area contributed by atoms with Crippen LogP contribution in [0.4, 0.5) is 0 Å². The van der Waals surface area contributed by atoms with Crippen molar-refractivity contribution in [2.45, 2.75) is 46.1 Å². The Morgan fingerprint density at radius 1 is 1.57 bits per heavy atom. The molecule has 1 N–H and O–H groups in total. The Bertz CT molecular complexity index is 192. The molecule has 1 rings (SSSR count). The van der Waals surface area contributed by atoms with E-state index in [9.17, 15) is 0 Å². The van der Waals surface area contributed by atoms with Gasteiger partial charge in [-0.25, -0.2) is 0 Å². The molecule has 0 aromatic carbocycles. The van der Waals surface area contributed by atoms with Crippen LogP contribution in [0, 0.1) is 5.92 Å². The zero-order valence-corrected chi connectivity index (χ0v) is 10.4. The minimum atomic E-state index is 0.659. The Balaban J connectivity index is 2.45.